The minimum Gasteiger partial charge on any atom is -0.370 e. The van der Waals surface area contributed by atoms with Crippen LogP contribution < -0.4 is 9.80 Å². The monoisotopic (exact) mass is 367 g/mol. The largest absolute Gasteiger partial charge is 0.370 e. The van der Waals surface area contributed by atoms with Gasteiger partial charge in [0.1, 0.15) is 11.6 Å². The van der Waals surface area contributed by atoms with Crippen molar-refractivity contribution in [1.82, 2.24) is 9.97 Å². The van der Waals surface area contributed by atoms with E-state index in [4.69, 9.17) is 21.8 Å². The lowest BCUT2D eigenvalue weighted by molar-refractivity contribution is 0.480. The fourth-order valence-corrected chi connectivity index (χ4v) is 3.91. The lowest BCUT2D eigenvalue weighted by Crippen LogP contribution is -2.44. The molecule has 1 saturated heterocycles. The van der Waals surface area contributed by atoms with Crippen molar-refractivity contribution in [3.63, 3.8) is 0 Å². The van der Waals surface area contributed by atoms with E-state index in [9.17, 15) is 0 Å². The van der Waals surface area contributed by atoms with Gasteiger partial charge in [0.15, 0.2) is 0 Å². The van der Waals surface area contributed by atoms with Gasteiger partial charge in [0, 0.05) is 38.3 Å². The van der Waals surface area contributed by atoms with E-state index < -0.39 is 0 Å². The van der Waals surface area contributed by atoms with Crippen molar-refractivity contribution < 1.29 is 0 Å². The first-order valence-corrected chi connectivity index (χ1v) is 9.54. The zero-order chi connectivity index (χ0) is 18.1. The van der Waals surface area contributed by atoms with Gasteiger partial charge < -0.3 is 9.80 Å². The van der Waals surface area contributed by atoms with Crippen LogP contribution in [-0.4, -0.2) is 36.1 Å². The lowest BCUT2D eigenvalue weighted by atomic mass is 10.0. The van der Waals surface area contributed by atoms with Gasteiger partial charge in [0.2, 0.25) is 0 Å². The van der Waals surface area contributed by atoms with Gasteiger partial charge in [0.25, 0.3) is 0 Å². The second-order valence-electron chi connectivity index (χ2n) is 7.15. The van der Waals surface area contributed by atoms with Crippen LogP contribution in [0.4, 0.5) is 11.5 Å². The minimum absolute atomic E-state index is 0.463. The number of nitriles is 1. The molecule has 0 atom stereocenters. The van der Waals surface area contributed by atoms with Crippen LogP contribution >= 0.6 is 11.6 Å². The summed E-state index contributed by atoms with van der Waals surface area (Å²) >= 11 is 6.37. The zero-order valence-electron chi connectivity index (χ0n) is 14.9. The number of rotatable bonds is 4. The van der Waals surface area contributed by atoms with Crippen LogP contribution in [0.2, 0.25) is 5.02 Å². The predicted molar refractivity (Wildman–Crippen MR) is 104 cm³/mol. The summed E-state index contributed by atoms with van der Waals surface area (Å²) in [7, 11) is 2.13. The molecule has 26 heavy (non-hydrogen) atoms. The maximum absolute atomic E-state index is 8.99. The Morgan fingerprint density at radius 3 is 2.62 bits per heavy atom. The Kier molecular flexibility index (Phi) is 4.69. The number of nitrogens with zero attached hydrogens (tertiary/aromatic N) is 5. The van der Waals surface area contributed by atoms with E-state index in [1.165, 1.54) is 12.8 Å². The van der Waals surface area contributed by atoms with E-state index in [-0.39, 0.29) is 0 Å². The molecule has 1 aliphatic heterocycles. The topological polar surface area (TPSA) is 56.1 Å². The van der Waals surface area contributed by atoms with Gasteiger partial charge in [-0.15, -0.1) is 0 Å². The Labute approximate surface area is 159 Å². The van der Waals surface area contributed by atoms with E-state index in [1.54, 1.807) is 6.07 Å². The molecular weight excluding hydrogens is 346 g/mol. The molecular formula is C20H22ClN5. The van der Waals surface area contributed by atoms with Crippen LogP contribution in [0.3, 0.4) is 0 Å². The third-order valence-electron chi connectivity index (χ3n) is 5.39. The number of aromatic nitrogens is 2. The second-order valence-corrected chi connectivity index (χ2v) is 7.56. The quantitative estimate of drug-likeness (QED) is 0.817. The van der Waals surface area contributed by atoms with E-state index in [1.807, 2.05) is 24.4 Å². The van der Waals surface area contributed by atoms with Crippen molar-refractivity contribution >= 4 is 23.1 Å². The highest BCUT2D eigenvalue weighted by atomic mass is 35.5. The number of piperidine rings is 1. The van der Waals surface area contributed by atoms with E-state index in [2.05, 4.69) is 27.9 Å². The predicted octanol–water partition coefficient (Wildman–Crippen LogP) is 3.98. The highest BCUT2D eigenvalue weighted by molar-refractivity contribution is 6.33. The fraction of sp³-hybridized carbons (Fsp3) is 0.450. The van der Waals surface area contributed by atoms with Crippen LogP contribution in [0.5, 0.6) is 0 Å². The van der Waals surface area contributed by atoms with Crippen LogP contribution in [0.1, 0.15) is 43.0 Å². The first-order chi connectivity index (χ1) is 12.7. The molecule has 0 unspecified atom stereocenters. The molecule has 4 rings (SSSR count). The number of anilines is 2. The third kappa shape index (κ3) is 3.47. The van der Waals surface area contributed by atoms with Crippen molar-refractivity contribution in [1.29, 1.82) is 5.26 Å². The maximum Gasteiger partial charge on any atom is 0.133 e. The molecule has 0 radical (unpaired) electrons. The van der Waals surface area contributed by atoms with Gasteiger partial charge in [-0.05, 0) is 49.9 Å². The minimum atomic E-state index is 0.463. The Morgan fingerprint density at radius 1 is 1.19 bits per heavy atom. The van der Waals surface area contributed by atoms with Gasteiger partial charge in [-0.2, -0.15) is 5.26 Å². The molecule has 0 N–H and O–H groups in total. The molecule has 1 saturated carbocycles. The van der Waals surface area contributed by atoms with E-state index >= 15 is 0 Å². The highest BCUT2D eigenvalue weighted by Crippen LogP contribution is 2.38. The summed E-state index contributed by atoms with van der Waals surface area (Å²) in [6.45, 7) is 1.89. The van der Waals surface area contributed by atoms with Gasteiger partial charge >= 0.3 is 0 Å². The third-order valence-corrected chi connectivity index (χ3v) is 5.70. The lowest BCUT2D eigenvalue weighted by Gasteiger charge is -2.38. The van der Waals surface area contributed by atoms with Crippen LogP contribution in [0, 0.1) is 11.3 Å². The molecule has 2 aromatic rings. The van der Waals surface area contributed by atoms with Crippen LogP contribution in [0.15, 0.2) is 30.5 Å². The average molecular weight is 368 g/mol. The average Bonchev–Trinajstić information content (AvgIpc) is 3.53. The second kappa shape index (κ2) is 7.13. The summed E-state index contributed by atoms with van der Waals surface area (Å²) in [6.07, 6.45) is 6.43. The summed E-state index contributed by atoms with van der Waals surface area (Å²) in [4.78, 5) is 13.8. The van der Waals surface area contributed by atoms with Gasteiger partial charge in [0.05, 0.1) is 22.3 Å². The van der Waals surface area contributed by atoms with Gasteiger partial charge in [-0.1, -0.05) is 11.6 Å². The Morgan fingerprint density at radius 2 is 1.96 bits per heavy atom. The maximum atomic E-state index is 8.99. The normalized spacial score (nSPS) is 17.8. The first kappa shape index (κ1) is 17.1. The summed E-state index contributed by atoms with van der Waals surface area (Å²) in [5, 5.41) is 9.64. The van der Waals surface area contributed by atoms with Crippen molar-refractivity contribution in [3.8, 4) is 6.07 Å². The number of hydrogen-bond acceptors (Lipinski definition) is 5. The van der Waals surface area contributed by atoms with Gasteiger partial charge in [-0.3, -0.25) is 0 Å². The van der Waals surface area contributed by atoms with E-state index in [0.717, 1.165) is 43.3 Å². The Balaban J connectivity index is 1.41. The number of benzene rings is 1. The SMILES string of the molecule is CN(c1ccnc(C2CC2)n1)C1CCN(c2ccc(C#N)cc2Cl)CC1. The number of halogens is 1. The van der Waals surface area contributed by atoms with Crippen LogP contribution in [0.25, 0.3) is 0 Å². The standard InChI is InChI=1S/C20H22ClN5/c1-25(19-6-9-23-20(24-19)15-3-4-15)16-7-10-26(11-8-16)18-5-2-14(13-22)12-17(18)21/h2,5-6,9,12,15-16H,3-4,7-8,10-11H2,1H3. The molecule has 0 amide bonds. The molecule has 1 aromatic carbocycles. The molecule has 1 aliphatic carbocycles. The molecule has 2 aliphatic rings. The number of hydrogen-bond donors (Lipinski definition) is 0. The molecule has 2 fully saturated rings. The first-order valence-electron chi connectivity index (χ1n) is 9.16. The summed E-state index contributed by atoms with van der Waals surface area (Å²) in [5.74, 6) is 2.59. The molecule has 0 spiro atoms. The zero-order valence-corrected chi connectivity index (χ0v) is 15.7. The Hall–Kier alpha value is -2.32. The molecule has 2 heterocycles. The Bertz CT molecular complexity index is 834. The van der Waals surface area contributed by atoms with Crippen molar-refractivity contribution in [2.24, 2.45) is 0 Å². The summed E-state index contributed by atoms with van der Waals surface area (Å²) in [5.41, 5.74) is 1.62. The highest BCUT2D eigenvalue weighted by Gasteiger charge is 2.28. The van der Waals surface area contributed by atoms with Gasteiger partial charge in [-0.25, -0.2) is 9.97 Å². The molecule has 1 aromatic heterocycles. The van der Waals surface area contributed by atoms with Crippen molar-refractivity contribution in [2.75, 3.05) is 29.9 Å². The van der Waals surface area contributed by atoms with Crippen LogP contribution in [-0.2, 0) is 0 Å². The molecule has 5 nitrogen and oxygen atoms in total. The van der Waals surface area contributed by atoms with E-state index in [0.29, 0.717) is 22.5 Å². The summed E-state index contributed by atoms with van der Waals surface area (Å²) < 4.78 is 0. The smallest absolute Gasteiger partial charge is 0.133 e. The van der Waals surface area contributed by atoms with Crippen molar-refractivity contribution in [2.45, 2.75) is 37.6 Å². The summed E-state index contributed by atoms with van der Waals surface area (Å²) in [6, 6.07) is 10.1. The molecule has 0 bridgehead atoms. The fourth-order valence-electron chi connectivity index (χ4n) is 3.61. The molecule has 6 heteroatoms. The molecule has 134 valence electrons. The van der Waals surface area contributed by atoms with Crippen molar-refractivity contribution in [3.05, 3.63) is 46.9 Å².